The van der Waals surface area contributed by atoms with Crippen LogP contribution in [0.3, 0.4) is 0 Å². The van der Waals surface area contributed by atoms with Gasteiger partial charge < -0.3 is 10.2 Å². The van der Waals surface area contributed by atoms with Gasteiger partial charge in [0.2, 0.25) is 0 Å². The minimum absolute atomic E-state index is 0.0138. The fourth-order valence-corrected chi connectivity index (χ4v) is 3.79. The van der Waals surface area contributed by atoms with Crippen LogP contribution < -0.4 is 5.32 Å². The van der Waals surface area contributed by atoms with E-state index in [2.05, 4.69) is 27.6 Å². The molecule has 4 nitrogen and oxygen atoms in total. The Kier molecular flexibility index (Phi) is 5.08. The summed E-state index contributed by atoms with van der Waals surface area (Å²) in [4.78, 5) is 19.3. The number of amides is 1. The summed E-state index contributed by atoms with van der Waals surface area (Å²) in [5, 5.41) is 7.19. The van der Waals surface area contributed by atoms with Crippen LogP contribution in [0.25, 0.3) is 11.3 Å². The molecule has 23 heavy (non-hydrogen) atoms. The third-order valence-corrected chi connectivity index (χ3v) is 5.10. The zero-order valence-corrected chi connectivity index (χ0v) is 14.5. The Morgan fingerprint density at radius 2 is 2.30 bits per heavy atom. The van der Waals surface area contributed by atoms with Gasteiger partial charge in [0.25, 0.3) is 5.91 Å². The highest BCUT2D eigenvalue weighted by Crippen LogP contribution is 2.21. The van der Waals surface area contributed by atoms with Crippen LogP contribution in [-0.2, 0) is 0 Å². The smallest absolute Gasteiger partial charge is 0.253 e. The summed E-state index contributed by atoms with van der Waals surface area (Å²) in [6.45, 7) is 4.88. The molecular formula is C18H23N3OS. The van der Waals surface area contributed by atoms with Gasteiger partial charge in [-0.15, -0.1) is 0 Å². The molecule has 122 valence electrons. The van der Waals surface area contributed by atoms with Gasteiger partial charge in [0.05, 0.1) is 17.0 Å². The molecule has 1 unspecified atom stereocenters. The normalized spacial score (nSPS) is 18.8. The Hall–Kier alpha value is -1.72. The molecule has 3 rings (SSSR count). The van der Waals surface area contributed by atoms with Crippen molar-refractivity contribution in [1.29, 1.82) is 0 Å². The topological polar surface area (TPSA) is 45.2 Å². The van der Waals surface area contributed by atoms with Crippen LogP contribution in [0.2, 0.25) is 0 Å². The van der Waals surface area contributed by atoms with Crippen LogP contribution in [0.4, 0.5) is 0 Å². The Balaban J connectivity index is 1.63. The van der Waals surface area contributed by atoms with Crippen LogP contribution in [0.15, 0.2) is 29.0 Å². The lowest BCUT2D eigenvalue weighted by Gasteiger charge is -2.29. The van der Waals surface area contributed by atoms with E-state index in [0.717, 1.165) is 36.6 Å². The fraction of sp³-hybridized carbons (Fsp3) is 0.444. The molecule has 1 atom stereocenters. The molecule has 1 saturated heterocycles. The predicted octanol–water partition coefficient (Wildman–Crippen LogP) is 3.19. The Morgan fingerprint density at radius 3 is 3.00 bits per heavy atom. The third-order valence-electron chi connectivity index (χ3n) is 4.42. The molecule has 0 saturated carbocycles. The number of likely N-dealkylation sites (tertiary alicyclic amines) is 1. The average molecular weight is 329 g/mol. The van der Waals surface area contributed by atoms with Crippen molar-refractivity contribution in [1.82, 2.24) is 15.2 Å². The van der Waals surface area contributed by atoms with Crippen molar-refractivity contribution in [3.8, 4) is 11.3 Å². The molecule has 1 fully saturated rings. The van der Waals surface area contributed by atoms with Gasteiger partial charge in [-0.3, -0.25) is 9.78 Å². The van der Waals surface area contributed by atoms with E-state index in [0.29, 0.717) is 11.5 Å². The summed E-state index contributed by atoms with van der Waals surface area (Å²) in [6, 6.07) is 5.86. The second-order valence-electron chi connectivity index (χ2n) is 6.32. The van der Waals surface area contributed by atoms with Crippen molar-refractivity contribution in [2.75, 3.05) is 26.7 Å². The summed E-state index contributed by atoms with van der Waals surface area (Å²) in [5.74, 6) is 0.538. The van der Waals surface area contributed by atoms with Crippen LogP contribution in [0.5, 0.6) is 0 Å². The highest BCUT2D eigenvalue weighted by Gasteiger charge is 2.19. The lowest BCUT2D eigenvalue weighted by Crippen LogP contribution is -2.39. The molecule has 0 spiro atoms. The Morgan fingerprint density at radius 1 is 1.43 bits per heavy atom. The number of pyridine rings is 1. The van der Waals surface area contributed by atoms with E-state index in [9.17, 15) is 4.79 Å². The second kappa shape index (κ2) is 7.23. The maximum absolute atomic E-state index is 12.4. The number of hydrogen-bond acceptors (Lipinski definition) is 4. The van der Waals surface area contributed by atoms with Gasteiger partial charge in [-0.25, -0.2) is 0 Å². The number of aryl methyl sites for hydroxylation is 1. The number of hydrogen-bond donors (Lipinski definition) is 1. The molecule has 0 radical (unpaired) electrons. The van der Waals surface area contributed by atoms with E-state index in [4.69, 9.17) is 0 Å². The van der Waals surface area contributed by atoms with E-state index in [1.807, 2.05) is 30.5 Å². The first-order chi connectivity index (χ1) is 11.1. The van der Waals surface area contributed by atoms with E-state index >= 15 is 0 Å². The summed E-state index contributed by atoms with van der Waals surface area (Å²) >= 11 is 1.65. The van der Waals surface area contributed by atoms with Gasteiger partial charge in [-0.2, -0.15) is 11.3 Å². The van der Waals surface area contributed by atoms with Gasteiger partial charge in [-0.1, -0.05) is 0 Å². The van der Waals surface area contributed by atoms with Gasteiger partial charge >= 0.3 is 0 Å². The number of aromatic nitrogens is 1. The lowest BCUT2D eigenvalue weighted by atomic mass is 9.98. The standard InChI is InChI=1S/C18H23N3OS/c1-13-16(5-6-17(20-13)15-7-9-23-12-15)18(22)19-10-14-4-3-8-21(2)11-14/h5-7,9,12,14H,3-4,8,10-11H2,1-2H3,(H,19,22). The highest BCUT2D eigenvalue weighted by molar-refractivity contribution is 7.08. The van der Waals surface area contributed by atoms with Crippen LogP contribution in [0.1, 0.15) is 28.9 Å². The number of carbonyl (C=O) groups excluding carboxylic acids is 1. The predicted molar refractivity (Wildman–Crippen MR) is 94.8 cm³/mol. The maximum Gasteiger partial charge on any atom is 0.253 e. The minimum atomic E-state index is -0.0138. The SMILES string of the molecule is Cc1nc(-c2ccsc2)ccc1C(=O)NCC1CCCN(C)C1. The van der Waals surface area contributed by atoms with E-state index in [-0.39, 0.29) is 5.91 Å². The summed E-state index contributed by atoms with van der Waals surface area (Å²) < 4.78 is 0. The molecule has 0 aliphatic carbocycles. The number of piperidine rings is 1. The summed E-state index contributed by atoms with van der Waals surface area (Å²) in [6.07, 6.45) is 2.41. The van der Waals surface area contributed by atoms with Crippen LogP contribution in [-0.4, -0.2) is 42.5 Å². The molecule has 3 heterocycles. The summed E-state index contributed by atoms with van der Waals surface area (Å²) in [5.41, 5.74) is 3.49. The molecule has 0 bridgehead atoms. The molecule has 1 N–H and O–H groups in total. The number of nitrogens with one attached hydrogen (secondary N) is 1. The molecule has 1 amide bonds. The lowest BCUT2D eigenvalue weighted by molar-refractivity contribution is 0.0936. The number of thiophene rings is 1. The van der Waals surface area contributed by atoms with E-state index < -0.39 is 0 Å². The van der Waals surface area contributed by atoms with E-state index in [1.54, 1.807) is 11.3 Å². The number of nitrogens with zero attached hydrogens (tertiary/aromatic N) is 2. The molecule has 5 heteroatoms. The quantitative estimate of drug-likeness (QED) is 0.937. The summed E-state index contributed by atoms with van der Waals surface area (Å²) in [7, 11) is 2.14. The highest BCUT2D eigenvalue weighted by atomic mass is 32.1. The average Bonchev–Trinajstić information content (AvgIpc) is 3.07. The van der Waals surface area contributed by atoms with Crippen molar-refractivity contribution in [2.24, 2.45) is 5.92 Å². The van der Waals surface area contributed by atoms with E-state index in [1.165, 1.54) is 12.8 Å². The molecule has 0 aromatic carbocycles. The van der Waals surface area contributed by atoms with Crippen molar-refractivity contribution in [3.63, 3.8) is 0 Å². The maximum atomic E-state index is 12.4. The second-order valence-corrected chi connectivity index (χ2v) is 7.10. The first-order valence-corrected chi connectivity index (χ1v) is 9.04. The van der Waals surface area contributed by atoms with Crippen LogP contribution >= 0.6 is 11.3 Å². The Bertz CT molecular complexity index is 669. The zero-order chi connectivity index (χ0) is 16.2. The molecule has 1 aliphatic rings. The number of carbonyl (C=O) groups is 1. The Labute approximate surface area is 141 Å². The largest absolute Gasteiger partial charge is 0.352 e. The molecule has 2 aromatic heterocycles. The van der Waals surface area contributed by atoms with Gasteiger partial charge in [0, 0.05) is 24.0 Å². The van der Waals surface area contributed by atoms with Crippen molar-refractivity contribution in [2.45, 2.75) is 19.8 Å². The van der Waals surface area contributed by atoms with Crippen LogP contribution in [0, 0.1) is 12.8 Å². The van der Waals surface area contributed by atoms with Gasteiger partial charge in [-0.05, 0) is 62.9 Å². The molecular weight excluding hydrogens is 306 g/mol. The molecule has 1 aliphatic heterocycles. The third kappa shape index (κ3) is 3.98. The van der Waals surface area contributed by atoms with Crippen molar-refractivity contribution >= 4 is 17.2 Å². The zero-order valence-electron chi connectivity index (χ0n) is 13.7. The first kappa shape index (κ1) is 16.1. The monoisotopic (exact) mass is 329 g/mol. The van der Waals surface area contributed by atoms with Gasteiger partial charge in [0.1, 0.15) is 0 Å². The number of rotatable bonds is 4. The minimum Gasteiger partial charge on any atom is -0.352 e. The van der Waals surface area contributed by atoms with Gasteiger partial charge in [0.15, 0.2) is 0 Å². The van der Waals surface area contributed by atoms with Crippen molar-refractivity contribution < 1.29 is 4.79 Å². The molecule has 2 aromatic rings. The van der Waals surface area contributed by atoms with Crippen molar-refractivity contribution in [3.05, 3.63) is 40.2 Å². The first-order valence-electron chi connectivity index (χ1n) is 8.10. The fourth-order valence-electron chi connectivity index (χ4n) is 3.14.